The summed E-state index contributed by atoms with van der Waals surface area (Å²) in [6, 6.07) is 12.9. The molecule has 1 N–H and O–H groups in total. The van der Waals surface area contributed by atoms with Gasteiger partial charge in [0, 0.05) is 25.0 Å². The van der Waals surface area contributed by atoms with Crippen LogP contribution in [0.2, 0.25) is 0 Å². The minimum absolute atomic E-state index is 0.940. The molecule has 0 radical (unpaired) electrons. The van der Waals surface area contributed by atoms with E-state index in [1.807, 2.05) is 0 Å². The van der Waals surface area contributed by atoms with Crippen LogP contribution in [0.25, 0.3) is 0 Å². The van der Waals surface area contributed by atoms with Crippen molar-refractivity contribution in [1.29, 1.82) is 0 Å². The zero-order valence-corrected chi connectivity index (χ0v) is 10.6. The van der Waals surface area contributed by atoms with Gasteiger partial charge in [0.05, 0.1) is 0 Å². The van der Waals surface area contributed by atoms with E-state index in [0.717, 1.165) is 19.6 Å². The van der Waals surface area contributed by atoms with Crippen LogP contribution >= 0.6 is 0 Å². The van der Waals surface area contributed by atoms with Gasteiger partial charge in [0.15, 0.2) is 0 Å². The number of aryl methyl sites for hydroxylation is 1. The molecule has 0 bridgehead atoms. The van der Waals surface area contributed by atoms with Gasteiger partial charge in [-0.25, -0.2) is 0 Å². The Morgan fingerprint density at radius 3 is 2.71 bits per heavy atom. The average Bonchev–Trinajstić information content (AvgIpc) is 2.77. The van der Waals surface area contributed by atoms with E-state index in [9.17, 15) is 0 Å². The second-order valence-corrected chi connectivity index (χ2v) is 4.33. The quantitative estimate of drug-likeness (QED) is 0.832. The van der Waals surface area contributed by atoms with Crippen LogP contribution in [0.1, 0.15) is 23.7 Å². The Morgan fingerprint density at radius 1 is 1.12 bits per heavy atom. The number of nitrogens with zero attached hydrogens (tertiary/aromatic N) is 1. The van der Waals surface area contributed by atoms with Crippen molar-refractivity contribution in [2.24, 2.45) is 0 Å². The van der Waals surface area contributed by atoms with E-state index in [4.69, 9.17) is 0 Å². The van der Waals surface area contributed by atoms with Gasteiger partial charge in [-0.3, -0.25) is 0 Å². The van der Waals surface area contributed by atoms with Crippen molar-refractivity contribution in [3.05, 3.63) is 59.4 Å². The maximum atomic E-state index is 3.37. The van der Waals surface area contributed by atoms with Gasteiger partial charge >= 0.3 is 0 Å². The molecular weight excluding hydrogens is 208 g/mol. The van der Waals surface area contributed by atoms with E-state index < -0.39 is 0 Å². The van der Waals surface area contributed by atoms with E-state index in [-0.39, 0.29) is 0 Å². The van der Waals surface area contributed by atoms with Crippen molar-refractivity contribution in [2.45, 2.75) is 26.9 Å². The van der Waals surface area contributed by atoms with E-state index in [0.29, 0.717) is 0 Å². The second-order valence-electron chi connectivity index (χ2n) is 4.33. The first-order valence-corrected chi connectivity index (χ1v) is 6.20. The molecule has 2 aromatic rings. The van der Waals surface area contributed by atoms with Gasteiger partial charge in [-0.15, -0.1) is 0 Å². The summed E-state index contributed by atoms with van der Waals surface area (Å²) < 4.78 is 2.31. The molecule has 0 aliphatic rings. The summed E-state index contributed by atoms with van der Waals surface area (Å²) >= 11 is 0. The zero-order chi connectivity index (χ0) is 12.1. The minimum Gasteiger partial charge on any atom is -0.346 e. The molecule has 2 nitrogen and oxygen atoms in total. The molecule has 2 heteroatoms. The van der Waals surface area contributed by atoms with Gasteiger partial charge < -0.3 is 9.88 Å². The van der Waals surface area contributed by atoms with Crippen LogP contribution < -0.4 is 5.32 Å². The highest BCUT2D eigenvalue weighted by molar-refractivity contribution is 5.26. The van der Waals surface area contributed by atoms with Crippen LogP contribution in [-0.2, 0) is 13.1 Å². The Kier molecular flexibility index (Phi) is 3.99. The lowest BCUT2D eigenvalue weighted by Crippen LogP contribution is -2.15. The number of hydrogen-bond donors (Lipinski definition) is 1. The Bertz CT molecular complexity index is 471. The number of nitrogens with one attached hydrogen (secondary N) is 1. The third kappa shape index (κ3) is 2.98. The molecular formula is C15H20N2. The minimum atomic E-state index is 0.940. The summed E-state index contributed by atoms with van der Waals surface area (Å²) in [6.07, 6.45) is 2.15. The maximum absolute atomic E-state index is 3.37. The maximum Gasteiger partial charge on any atom is 0.0476 e. The molecule has 0 aliphatic carbocycles. The Morgan fingerprint density at radius 2 is 1.94 bits per heavy atom. The molecule has 1 aromatic carbocycles. The lowest BCUT2D eigenvalue weighted by Gasteiger charge is -2.11. The van der Waals surface area contributed by atoms with Crippen LogP contribution in [0.4, 0.5) is 0 Å². The molecule has 0 saturated carbocycles. The van der Waals surface area contributed by atoms with Gasteiger partial charge in [0.2, 0.25) is 0 Å². The van der Waals surface area contributed by atoms with Crippen molar-refractivity contribution >= 4 is 0 Å². The van der Waals surface area contributed by atoms with Crippen molar-refractivity contribution in [1.82, 2.24) is 9.88 Å². The van der Waals surface area contributed by atoms with Gasteiger partial charge in [0.25, 0.3) is 0 Å². The molecule has 0 atom stereocenters. The predicted molar refractivity (Wildman–Crippen MR) is 72.1 cm³/mol. The number of rotatable bonds is 5. The molecule has 0 unspecified atom stereocenters. The molecule has 1 aromatic heterocycles. The first-order valence-electron chi connectivity index (χ1n) is 6.20. The van der Waals surface area contributed by atoms with Crippen LogP contribution in [0.5, 0.6) is 0 Å². The average molecular weight is 228 g/mol. The van der Waals surface area contributed by atoms with E-state index in [2.05, 4.69) is 66.3 Å². The fraction of sp³-hybridized carbons (Fsp3) is 0.333. The van der Waals surface area contributed by atoms with Crippen LogP contribution in [0, 0.1) is 6.92 Å². The summed E-state index contributed by atoms with van der Waals surface area (Å²) in [6.45, 7) is 7.21. The standard InChI is InChI=1S/C15H20N2/c1-3-16-11-15-9-6-10-17(15)12-14-8-5-4-7-13(14)2/h4-10,16H,3,11-12H2,1-2H3. The monoisotopic (exact) mass is 228 g/mol. The van der Waals surface area contributed by atoms with Gasteiger partial charge in [-0.1, -0.05) is 31.2 Å². The largest absolute Gasteiger partial charge is 0.346 e. The normalized spacial score (nSPS) is 10.7. The molecule has 0 saturated heterocycles. The van der Waals surface area contributed by atoms with E-state index in [1.54, 1.807) is 0 Å². The van der Waals surface area contributed by atoms with Gasteiger partial charge in [-0.2, -0.15) is 0 Å². The van der Waals surface area contributed by atoms with Crippen molar-refractivity contribution < 1.29 is 0 Å². The van der Waals surface area contributed by atoms with Crippen molar-refractivity contribution in [2.75, 3.05) is 6.54 Å². The Hall–Kier alpha value is -1.54. The number of hydrogen-bond acceptors (Lipinski definition) is 1. The summed E-state index contributed by atoms with van der Waals surface area (Å²) in [4.78, 5) is 0. The lowest BCUT2D eigenvalue weighted by molar-refractivity contribution is 0.656. The third-order valence-electron chi connectivity index (χ3n) is 3.08. The Labute approximate surface area is 103 Å². The lowest BCUT2D eigenvalue weighted by atomic mass is 10.1. The molecule has 0 aliphatic heterocycles. The van der Waals surface area contributed by atoms with Gasteiger partial charge in [-0.05, 0) is 36.7 Å². The van der Waals surface area contributed by atoms with E-state index >= 15 is 0 Å². The van der Waals surface area contributed by atoms with Crippen LogP contribution in [0.3, 0.4) is 0 Å². The van der Waals surface area contributed by atoms with Gasteiger partial charge in [0.1, 0.15) is 0 Å². The van der Waals surface area contributed by atoms with Crippen molar-refractivity contribution in [3.63, 3.8) is 0 Å². The van der Waals surface area contributed by atoms with Crippen molar-refractivity contribution in [3.8, 4) is 0 Å². The topological polar surface area (TPSA) is 17.0 Å². The first-order chi connectivity index (χ1) is 8.31. The third-order valence-corrected chi connectivity index (χ3v) is 3.08. The smallest absolute Gasteiger partial charge is 0.0476 e. The molecule has 0 spiro atoms. The molecule has 0 amide bonds. The fourth-order valence-electron chi connectivity index (χ4n) is 1.99. The number of aromatic nitrogens is 1. The Balaban J connectivity index is 2.13. The highest BCUT2D eigenvalue weighted by Gasteiger charge is 2.02. The van der Waals surface area contributed by atoms with Crippen LogP contribution in [0.15, 0.2) is 42.6 Å². The summed E-state index contributed by atoms with van der Waals surface area (Å²) in [5, 5.41) is 3.37. The highest BCUT2D eigenvalue weighted by atomic mass is 15.0. The fourth-order valence-corrected chi connectivity index (χ4v) is 1.99. The number of benzene rings is 1. The first kappa shape index (κ1) is 11.9. The SMILES string of the molecule is CCNCc1cccn1Cc1ccccc1C. The molecule has 2 rings (SSSR count). The summed E-state index contributed by atoms with van der Waals surface area (Å²) in [5.74, 6) is 0. The van der Waals surface area contributed by atoms with Crippen LogP contribution in [-0.4, -0.2) is 11.1 Å². The summed E-state index contributed by atoms with van der Waals surface area (Å²) in [5.41, 5.74) is 4.09. The summed E-state index contributed by atoms with van der Waals surface area (Å²) in [7, 11) is 0. The highest BCUT2D eigenvalue weighted by Crippen LogP contribution is 2.11. The zero-order valence-electron chi connectivity index (χ0n) is 10.6. The molecule has 0 fully saturated rings. The predicted octanol–water partition coefficient (Wildman–Crippen LogP) is 2.95. The molecule has 90 valence electrons. The second kappa shape index (κ2) is 5.69. The molecule has 17 heavy (non-hydrogen) atoms. The van der Waals surface area contributed by atoms with E-state index in [1.165, 1.54) is 16.8 Å². The molecule has 1 heterocycles.